The van der Waals surface area contributed by atoms with E-state index in [0.29, 0.717) is 5.75 Å². The maximum atomic E-state index is 9.22. The van der Waals surface area contributed by atoms with Crippen LogP contribution in [0.1, 0.15) is 6.92 Å². The molecule has 0 spiro atoms. The van der Waals surface area contributed by atoms with Crippen LogP contribution >= 0.6 is 11.8 Å². The lowest BCUT2D eigenvalue weighted by atomic mass is 10.2. The van der Waals surface area contributed by atoms with Crippen molar-refractivity contribution >= 4 is 22.7 Å². The Morgan fingerprint density at radius 1 is 1.33 bits per heavy atom. The predicted octanol–water partition coefficient (Wildman–Crippen LogP) is 2.10. The largest absolute Gasteiger partial charge is 0.393 e. The molecule has 1 heterocycles. The van der Waals surface area contributed by atoms with E-state index in [4.69, 9.17) is 0 Å². The van der Waals surface area contributed by atoms with E-state index in [-0.39, 0.29) is 6.10 Å². The van der Waals surface area contributed by atoms with E-state index < -0.39 is 0 Å². The van der Waals surface area contributed by atoms with Gasteiger partial charge in [-0.05, 0) is 13.0 Å². The Hall–Kier alpha value is -1.13. The molecule has 0 bridgehead atoms. The third kappa shape index (κ3) is 2.46. The van der Waals surface area contributed by atoms with Crippen molar-refractivity contribution in [3.63, 3.8) is 0 Å². The Morgan fingerprint density at radius 2 is 2.13 bits per heavy atom. The summed E-state index contributed by atoms with van der Waals surface area (Å²) >= 11 is 1.56. The number of aromatic nitrogens is 2. The van der Waals surface area contributed by atoms with Gasteiger partial charge in [0.15, 0.2) is 0 Å². The highest BCUT2D eigenvalue weighted by molar-refractivity contribution is 7.99. The summed E-state index contributed by atoms with van der Waals surface area (Å²) in [7, 11) is 0. The highest BCUT2D eigenvalue weighted by Crippen LogP contribution is 2.24. The van der Waals surface area contributed by atoms with Crippen molar-refractivity contribution < 1.29 is 5.11 Å². The van der Waals surface area contributed by atoms with Gasteiger partial charge in [-0.1, -0.05) is 18.2 Å². The molecule has 1 N–H and O–H groups in total. The lowest BCUT2D eigenvalue weighted by Gasteiger charge is -2.05. The quantitative estimate of drug-likeness (QED) is 0.635. The van der Waals surface area contributed by atoms with Gasteiger partial charge in [0.2, 0.25) is 0 Å². The Bertz CT molecular complexity index is 454. The first-order valence-electron chi connectivity index (χ1n) is 4.78. The van der Waals surface area contributed by atoms with Crippen molar-refractivity contribution in [1.29, 1.82) is 0 Å². The minimum absolute atomic E-state index is 0.316. The highest BCUT2D eigenvalue weighted by Gasteiger charge is 2.04. The zero-order valence-corrected chi connectivity index (χ0v) is 9.24. The SMILES string of the molecule is C[C@@H](O)CSc1ncnc2ccccc12. The Morgan fingerprint density at radius 3 is 2.93 bits per heavy atom. The van der Waals surface area contributed by atoms with Gasteiger partial charge in [0.25, 0.3) is 0 Å². The molecule has 1 atom stereocenters. The summed E-state index contributed by atoms with van der Waals surface area (Å²) in [5, 5.41) is 11.2. The summed E-state index contributed by atoms with van der Waals surface area (Å²) < 4.78 is 0. The summed E-state index contributed by atoms with van der Waals surface area (Å²) in [5.41, 5.74) is 0.945. The summed E-state index contributed by atoms with van der Waals surface area (Å²) in [5.74, 6) is 0.654. The van der Waals surface area contributed by atoms with Gasteiger partial charge in [0, 0.05) is 11.1 Å². The van der Waals surface area contributed by atoms with Crippen molar-refractivity contribution in [3.8, 4) is 0 Å². The number of aliphatic hydroxyl groups excluding tert-OH is 1. The van der Waals surface area contributed by atoms with Crippen LogP contribution in [0, 0.1) is 0 Å². The molecule has 0 amide bonds. The number of fused-ring (bicyclic) bond motifs is 1. The van der Waals surface area contributed by atoms with E-state index in [2.05, 4.69) is 9.97 Å². The van der Waals surface area contributed by atoms with E-state index in [0.717, 1.165) is 15.9 Å². The predicted molar refractivity (Wildman–Crippen MR) is 61.9 cm³/mol. The van der Waals surface area contributed by atoms with Gasteiger partial charge in [-0.3, -0.25) is 0 Å². The fourth-order valence-corrected chi connectivity index (χ4v) is 2.14. The van der Waals surface area contributed by atoms with Crippen LogP contribution in [0.15, 0.2) is 35.6 Å². The minimum Gasteiger partial charge on any atom is -0.393 e. The van der Waals surface area contributed by atoms with E-state index in [1.807, 2.05) is 24.3 Å². The van der Waals surface area contributed by atoms with Crippen LogP contribution in [0.3, 0.4) is 0 Å². The average molecular weight is 220 g/mol. The number of nitrogens with zero attached hydrogens (tertiary/aromatic N) is 2. The van der Waals surface area contributed by atoms with Gasteiger partial charge in [-0.2, -0.15) is 0 Å². The summed E-state index contributed by atoms with van der Waals surface area (Å²) in [4.78, 5) is 8.40. The molecule has 1 aromatic heterocycles. The van der Waals surface area contributed by atoms with Crippen molar-refractivity contribution in [2.24, 2.45) is 0 Å². The second kappa shape index (κ2) is 4.59. The lowest BCUT2D eigenvalue weighted by Crippen LogP contribution is -2.03. The second-order valence-electron chi connectivity index (χ2n) is 3.36. The van der Waals surface area contributed by atoms with Gasteiger partial charge < -0.3 is 5.11 Å². The highest BCUT2D eigenvalue weighted by atomic mass is 32.2. The fourth-order valence-electron chi connectivity index (χ4n) is 1.29. The first-order valence-corrected chi connectivity index (χ1v) is 5.76. The van der Waals surface area contributed by atoms with Gasteiger partial charge in [-0.25, -0.2) is 9.97 Å². The lowest BCUT2D eigenvalue weighted by molar-refractivity contribution is 0.220. The third-order valence-electron chi connectivity index (χ3n) is 1.97. The number of hydrogen-bond acceptors (Lipinski definition) is 4. The number of para-hydroxylation sites is 1. The Labute approximate surface area is 92.6 Å². The number of hydrogen-bond donors (Lipinski definition) is 1. The average Bonchev–Trinajstić information content (AvgIpc) is 2.26. The zero-order valence-electron chi connectivity index (χ0n) is 8.42. The van der Waals surface area contributed by atoms with Crippen LogP contribution in [0.2, 0.25) is 0 Å². The molecule has 0 radical (unpaired) electrons. The molecule has 2 aromatic rings. The molecular weight excluding hydrogens is 208 g/mol. The van der Waals surface area contributed by atoms with E-state index in [1.54, 1.807) is 25.0 Å². The van der Waals surface area contributed by atoms with E-state index in [1.165, 1.54) is 0 Å². The normalized spacial score (nSPS) is 12.9. The molecule has 4 heteroatoms. The van der Waals surface area contributed by atoms with Crippen LogP contribution in [-0.4, -0.2) is 26.9 Å². The molecule has 2 rings (SSSR count). The van der Waals surface area contributed by atoms with E-state index >= 15 is 0 Å². The van der Waals surface area contributed by atoms with Gasteiger partial charge in [-0.15, -0.1) is 11.8 Å². The number of benzene rings is 1. The number of rotatable bonds is 3. The van der Waals surface area contributed by atoms with Gasteiger partial charge in [0.05, 0.1) is 11.6 Å². The molecule has 0 aliphatic rings. The molecule has 78 valence electrons. The topological polar surface area (TPSA) is 46.0 Å². The number of thioether (sulfide) groups is 1. The van der Waals surface area contributed by atoms with Crippen molar-refractivity contribution in [1.82, 2.24) is 9.97 Å². The molecule has 0 saturated heterocycles. The summed E-state index contributed by atoms with van der Waals surface area (Å²) in [6.07, 6.45) is 1.25. The van der Waals surface area contributed by atoms with Crippen molar-refractivity contribution in [3.05, 3.63) is 30.6 Å². The molecule has 0 aliphatic carbocycles. The first-order chi connectivity index (χ1) is 7.27. The number of aliphatic hydroxyl groups is 1. The van der Waals surface area contributed by atoms with E-state index in [9.17, 15) is 5.11 Å². The maximum Gasteiger partial charge on any atom is 0.117 e. The van der Waals surface area contributed by atoms with Crippen LogP contribution in [-0.2, 0) is 0 Å². The molecular formula is C11H12N2OS. The van der Waals surface area contributed by atoms with Gasteiger partial charge in [0.1, 0.15) is 11.4 Å². The molecule has 0 fully saturated rings. The molecule has 0 saturated carbocycles. The monoisotopic (exact) mass is 220 g/mol. The van der Waals surface area contributed by atoms with Crippen molar-refractivity contribution in [2.75, 3.05) is 5.75 Å². The van der Waals surface area contributed by atoms with Crippen LogP contribution < -0.4 is 0 Å². The van der Waals surface area contributed by atoms with Crippen LogP contribution in [0.4, 0.5) is 0 Å². The van der Waals surface area contributed by atoms with Gasteiger partial charge >= 0.3 is 0 Å². The third-order valence-corrected chi connectivity index (χ3v) is 3.22. The molecule has 0 aliphatic heterocycles. The Kier molecular flexibility index (Phi) is 3.18. The minimum atomic E-state index is -0.316. The smallest absolute Gasteiger partial charge is 0.117 e. The second-order valence-corrected chi connectivity index (χ2v) is 4.36. The first kappa shape index (κ1) is 10.4. The zero-order chi connectivity index (χ0) is 10.7. The summed E-state index contributed by atoms with van der Waals surface area (Å²) in [6.45, 7) is 1.77. The van der Waals surface area contributed by atoms with Crippen LogP contribution in [0.25, 0.3) is 10.9 Å². The fraction of sp³-hybridized carbons (Fsp3) is 0.273. The maximum absolute atomic E-state index is 9.22. The van der Waals surface area contributed by atoms with Crippen LogP contribution in [0.5, 0.6) is 0 Å². The standard InChI is InChI=1S/C11H12N2OS/c1-8(14)6-15-11-9-4-2-3-5-10(9)12-7-13-11/h2-5,7-8,14H,6H2,1H3/t8-/m1/s1. The molecule has 15 heavy (non-hydrogen) atoms. The summed E-state index contributed by atoms with van der Waals surface area (Å²) in [6, 6.07) is 7.89. The molecule has 0 unspecified atom stereocenters. The molecule has 1 aromatic carbocycles. The molecule has 3 nitrogen and oxygen atoms in total. The van der Waals surface area contributed by atoms with Crippen molar-refractivity contribution in [2.45, 2.75) is 18.1 Å². The Balaban J connectivity index is 2.34.